The van der Waals surface area contributed by atoms with E-state index in [-0.39, 0.29) is 0 Å². The van der Waals surface area contributed by atoms with Gasteiger partial charge in [0.2, 0.25) is 0 Å². The zero-order chi connectivity index (χ0) is 15.8. The van der Waals surface area contributed by atoms with E-state index in [1.165, 1.54) is 10.5 Å². The molecule has 0 bridgehead atoms. The predicted octanol–water partition coefficient (Wildman–Crippen LogP) is 5.37. The minimum Gasteiger partial charge on any atom is -0.354 e. The van der Waals surface area contributed by atoms with Gasteiger partial charge in [-0.25, -0.2) is 4.21 Å². The number of hydrogen-bond acceptors (Lipinski definition) is 3. The van der Waals surface area contributed by atoms with Gasteiger partial charge < -0.3 is 5.32 Å². The zero-order valence-electron chi connectivity index (χ0n) is 12.6. The number of nitrogens with one attached hydrogen (secondary N) is 1. The van der Waals surface area contributed by atoms with Crippen LogP contribution in [0.5, 0.6) is 0 Å². The third-order valence-electron chi connectivity index (χ3n) is 3.78. The Bertz CT molecular complexity index is 903. The van der Waals surface area contributed by atoms with Gasteiger partial charge in [0.1, 0.15) is 0 Å². The lowest BCUT2D eigenvalue weighted by Crippen LogP contribution is -2.01. The molecule has 114 valence electrons. The van der Waals surface area contributed by atoms with Gasteiger partial charge in [-0.05, 0) is 49.4 Å². The Morgan fingerprint density at radius 3 is 2.35 bits per heavy atom. The van der Waals surface area contributed by atoms with Crippen molar-refractivity contribution in [1.29, 1.82) is 0 Å². The first kappa shape index (κ1) is 14.5. The first-order chi connectivity index (χ1) is 11.2. The van der Waals surface area contributed by atoms with Crippen molar-refractivity contribution in [2.75, 3.05) is 5.32 Å². The van der Waals surface area contributed by atoms with E-state index in [2.05, 4.69) is 17.4 Å². The summed E-state index contributed by atoms with van der Waals surface area (Å²) >= 11 is 1.71. The summed E-state index contributed by atoms with van der Waals surface area (Å²) in [5, 5.41) is 3.43. The Morgan fingerprint density at radius 2 is 1.52 bits per heavy atom. The van der Waals surface area contributed by atoms with Crippen LogP contribution in [0, 0.1) is 6.92 Å². The highest BCUT2D eigenvalue weighted by Gasteiger charge is 2.17. The summed E-state index contributed by atoms with van der Waals surface area (Å²) in [6.07, 6.45) is 0. The van der Waals surface area contributed by atoms with Crippen LogP contribution in [0.1, 0.15) is 5.56 Å². The Balaban J connectivity index is 1.68. The molecular formula is C19H15NOS2. The molecule has 4 heteroatoms. The van der Waals surface area contributed by atoms with Crippen molar-refractivity contribution < 1.29 is 4.21 Å². The summed E-state index contributed by atoms with van der Waals surface area (Å²) in [6.45, 7) is 2.03. The first-order valence-corrected chi connectivity index (χ1v) is 9.34. The lowest BCUT2D eigenvalue weighted by Gasteiger charge is -2.21. The number of fused-ring (bicyclic) bond motifs is 2. The van der Waals surface area contributed by atoms with Crippen LogP contribution >= 0.6 is 11.8 Å². The molecule has 1 unspecified atom stereocenters. The topological polar surface area (TPSA) is 29.1 Å². The fraction of sp³-hybridized carbons (Fsp3) is 0.0526. The maximum absolute atomic E-state index is 12.8. The molecule has 1 aliphatic rings. The van der Waals surface area contributed by atoms with E-state index in [0.29, 0.717) is 0 Å². The smallest absolute Gasteiger partial charge is 0.0850 e. The number of benzene rings is 3. The van der Waals surface area contributed by atoms with Gasteiger partial charge in [-0.1, -0.05) is 41.6 Å². The molecule has 3 aromatic carbocycles. The summed E-state index contributed by atoms with van der Waals surface area (Å²) in [5.74, 6) is 0. The Kier molecular flexibility index (Phi) is 3.71. The van der Waals surface area contributed by atoms with Crippen molar-refractivity contribution in [1.82, 2.24) is 0 Å². The largest absolute Gasteiger partial charge is 0.354 e. The number of aryl methyl sites for hydroxylation is 1. The minimum absolute atomic E-state index is 0.835. The average Bonchev–Trinajstić information content (AvgIpc) is 2.59. The Hall–Kier alpha value is -2.04. The quantitative estimate of drug-likeness (QED) is 0.533. The predicted molar refractivity (Wildman–Crippen MR) is 96.1 cm³/mol. The summed E-state index contributed by atoms with van der Waals surface area (Å²) in [4.78, 5) is 3.98. The highest BCUT2D eigenvalue weighted by atomic mass is 32.2. The Labute approximate surface area is 142 Å². The van der Waals surface area contributed by atoms with Crippen LogP contribution < -0.4 is 5.32 Å². The van der Waals surface area contributed by atoms with Crippen LogP contribution in [-0.2, 0) is 10.8 Å². The summed E-state index contributed by atoms with van der Waals surface area (Å²) in [6, 6.07) is 22.1. The van der Waals surface area contributed by atoms with E-state index in [4.69, 9.17) is 0 Å². The van der Waals surface area contributed by atoms with Crippen molar-refractivity contribution in [3.05, 3.63) is 72.3 Å². The normalized spacial score (nSPS) is 13.6. The highest BCUT2D eigenvalue weighted by molar-refractivity contribution is 7.99. The Morgan fingerprint density at radius 1 is 0.826 bits per heavy atom. The van der Waals surface area contributed by atoms with E-state index in [9.17, 15) is 4.21 Å². The van der Waals surface area contributed by atoms with Gasteiger partial charge in [0.25, 0.3) is 0 Å². The molecule has 0 fully saturated rings. The fourth-order valence-corrected chi connectivity index (χ4v) is 4.70. The number of para-hydroxylation sites is 1. The van der Waals surface area contributed by atoms with Crippen LogP contribution in [0.2, 0.25) is 0 Å². The van der Waals surface area contributed by atoms with Crippen LogP contribution in [0.3, 0.4) is 0 Å². The number of anilines is 2. The molecule has 0 saturated carbocycles. The zero-order valence-corrected chi connectivity index (χ0v) is 14.2. The van der Waals surface area contributed by atoms with Crippen LogP contribution in [0.25, 0.3) is 0 Å². The second-order valence-corrected chi connectivity index (χ2v) is 8.03. The number of rotatable bonds is 2. The lowest BCUT2D eigenvalue weighted by atomic mass is 10.2. The molecule has 0 aliphatic carbocycles. The summed E-state index contributed by atoms with van der Waals surface area (Å²) in [5.41, 5.74) is 3.36. The standard InChI is InChI=1S/C19H15NOS2/c1-13-6-8-14(9-7-13)23(21)15-10-11-17-19(12-15)22-18-5-3-2-4-16(18)20-17/h2-12,20H,1H3. The van der Waals surface area contributed by atoms with Gasteiger partial charge in [-0.3, -0.25) is 0 Å². The minimum atomic E-state index is -1.15. The lowest BCUT2D eigenvalue weighted by molar-refractivity contribution is 0.683. The molecule has 0 saturated heterocycles. The van der Waals surface area contributed by atoms with E-state index in [1.54, 1.807) is 11.8 Å². The molecule has 1 atom stereocenters. The molecular weight excluding hydrogens is 322 g/mol. The van der Waals surface area contributed by atoms with E-state index in [1.807, 2.05) is 61.5 Å². The van der Waals surface area contributed by atoms with Gasteiger partial charge in [-0.15, -0.1) is 0 Å². The molecule has 1 aliphatic heterocycles. The van der Waals surface area contributed by atoms with Crippen molar-refractivity contribution in [3.63, 3.8) is 0 Å². The highest BCUT2D eigenvalue weighted by Crippen LogP contribution is 2.44. The molecule has 0 amide bonds. The van der Waals surface area contributed by atoms with Crippen molar-refractivity contribution in [2.45, 2.75) is 26.5 Å². The van der Waals surface area contributed by atoms with Gasteiger partial charge in [0.05, 0.1) is 22.2 Å². The molecule has 23 heavy (non-hydrogen) atoms. The maximum atomic E-state index is 12.8. The molecule has 0 aromatic heterocycles. The monoisotopic (exact) mass is 337 g/mol. The van der Waals surface area contributed by atoms with Crippen molar-refractivity contribution in [2.24, 2.45) is 0 Å². The molecule has 2 nitrogen and oxygen atoms in total. The second kappa shape index (κ2) is 5.87. The van der Waals surface area contributed by atoms with E-state index in [0.717, 1.165) is 26.1 Å². The summed E-state index contributed by atoms with van der Waals surface area (Å²) in [7, 11) is -1.15. The average molecular weight is 337 g/mol. The van der Waals surface area contributed by atoms with Crippen LogP contribution in [-0.4, -0.2) is 4.21 Å². The SMILES string of the molecule is Cc1ccc(S(=O)c2ccc3c(c2)Sc2ccccc2N3)cc1. The molecule has 0 radical (unpaired) electrons. The first-order valence-electron chi connectivity index (χ1n) is 7.37. The van der Waals surface area contributed by atoms with Gasteiger partial charge in [-0.2, -0.15) is 0 Å². The third-order valence-corrected chi connectivity index (χ3v) is 6.29. The number of hydrogen-bond donors (Lipinski definition) is 1. The van der Waals surface area contributed by atoms with Crippen molar-refractivity contribution in [3.8, 4) is 0 Å². The van der Waals surface area contributed by atoms with Crippen LogP contribution in [0.4, 0.5) is 11.4 Å². The van der Waals surface area contributed by atoms with E-state index < -0.39 is 10.8 Å². The summed E-state index contributed by atoms with van der Waals surface area (Å²) < 4.78 is 12.8. The molecule has 4 rings (SSSR count). The van der Waals surface area contributed by atoms with Gasteiger partial charge in [0.15, 0.2) is 0 Å². The fourth-order valence-electron chi connectivity index (χ4n) is 2.53. The van der Waals surface area contributed by atoms with Gasteiger partial charge in [0, 0.05) is 19.6 Å². The molecule has 1 N–H and O–H groups in total. The van der Waals surface area contributed by atoms with Gasteiger partial charge >= 0.3 is 0 Å². The maximum Gasteiger partial charge on any atom is 0.0850 e. The van der Waals surface area contributed by atoms with Crippen LogP contribution in [0.15, 0.2) is 86.3 Å². The molecule has 3 aromatic rings. The molecule has 1 heterocycles. The molecule has 0 spiro atoms. The third kappa shape index (κ3) is 2.80. The second-order valence-electron chi connectivity index (χ2n) is 5.46. The van der Waals surface area contributed by atoms with Crippen molar-refractivity contribution >= 4 is 33.9 Å². The van der Waals surface area contributed by atoms with E-state index >= 15 is 0 Å².